The van der Waals surface area contributed by atoms with E-state index in [0.717, 1.165) is 6.04 Å². The monoisotopic (exact) mass is 322 g/mol. The Morgan fingerprint density at radius 3 is 2.20 bits per heavy atom. The summed E-state index contributed by atoms with van der Waals surface area (Å²) in [6.45, 7) is 9.42. The van der Waals surface area contributed by atoms with Crippen LogP contribution in [0.15, 0.2) is 0 Å². The fourth-order valence-electron chi connectivity index (χ4n) is 3.01. The fraction of sp³-hybridized carbons (Fsp3) is 1.00. The predicted octanol–water partition coefficient (Wildman–Crippen LogP) is 2.97. The first-order chi connectivity index (χ1) is 6.93. The van der Waals surface area contributed by atoms with Crippen LogP contribution in [0.25, 0.3) is 0 Å². The Morgan fingerprint density at radius 2 is 1.73 bits per heavy atom. The van der Waals surface area contributed by atoms with Gasteiger partial charge in [0.2, 0.25) is 0 Å². The molecule has 0 aromatic carbocycles. The van der Waals surface area contributed by atoms with Crippen molar-refractivity contribution in [1.29, 1.82) is 0 Å². The highest BCUT2D eigenvalue weighted by Gasteiger charge is 2.48. The molecule has 0 radical (unpaired) electrons. The summed E-state index contributed by atoms with van der Waals surface area (Å²) in [4.78, 5) is 0. The molecule has 0 aromatic heterocycles. The Labute approximate surface area is 108 Å². The van der Waals surface area contributed by atoms with Gasteiger partial charge < -0.3 is 5.32 Å². The molecule has 15 heavy (non-hydrogen) atoms. The first-order valence-electron chi connectivity index (χ1n) is 6.09. The third-order valence-electron chi connectivity index (χ3n) is 3.96. The quantitative estimate of drug-likeness (QED) is 0.590. The van der Waals surface area contributed by atoms with Crippen molar-refractivity contribution in [3.63, 3.8) is 0 Å². The van der Waals surface area contributed by atoms with Crippen LogP contribution < -0.4 is 5.32 Å². The molecule has 1 saturated carbocycles. The standard InChI is InChI=1S/C12H23IN2/c1-11(2,3)15(13)10-8-12(9-10)4-6-14-7-5-12/h10,14H,4-9H2,1-3H3. The van der Waals surface area contributed by atoms with Crippen LogP contribution in [0.2, 0.25) is 0 Å². The highest BCUT2D eigenvalue weighted by Crippen LogP contribution is 2.51. The molecule has 0 amide bonds. The van der Waals surface area contributed by atoms with E-state index < -0.39 is 0 Å². The van der Waals surface area contributed by atoms with Crippen LogP contribution in [-0.2, 0) is 0 Å². The van der Waals surface area contributed by atoms with E-state index in [2.05, 4.69) is 52.1 Å². The lowest BCUT2D eigenvalue weighted by atomic mass is 9.60. The Morgan fingerprint density at radius 1 is 1.20 bits per heavy atom. The second kappa shape index (κ2) is 4.15. The van der Waals surface area contributed by atoms with Crippen LogP contribution in [0.5, 0.6) is 0 Å². The molecule has 2 rings (SSSR count). The molecule has 1 N–H and O–H groups in total. The summed E-state index contributed by atoms with van der Waals surface area (Å²) in [5.74, 6) is 0. The van der Waals surface area contributed by atoms with Gasteiger partial charge >= 0.3 is 0 Å². The van der Waals surface area contributed by atoms with Gasteiger partial charge in [0.05, 0.1) is 0 Å². The van der Waals surface area contributed by atoms with Gasteiger partial charge in [0.15, 0.2) is 0 Å². The van der Waals surface area contributed by atoms with E-state index in [0.29, 0.717) is 11.0 Å². The zero-order valence-corrected chi connectivity index (χ0v) is 12.3. The van der Waals surface area contributed by atoms with Crippen molar-refractivity contribution in [2.75, 3.05) is 13.1 Å². The Kier molecular flexibility index (Phi) is 3.35. The van der Waals surface area contributed by atoms with E-state index in [1.165, 1.54) is 38.8 Å². The average molecular weight is 322 g/mol. The Balaban J connectivity index is 1.86. The molecule has 88 valence electrons. The molecule has 2 nitrogen and oxygen atoms in total. The number of nitrogens with zero attached hydrogens (tertiary/aromatic N) is 1. The van der Waals surface area contributed by atoms with Crippen molar-refractivity contribution in [2.45, 2.75) is 58.0 Å². The zero-order chi connectivity index (χ0) is 11.1. The normalized spacial score (nSPS) is 27.0. The SMILES string of the molecule is CC(C)(C)N(I)C1CC2(CCNCC2)C1. The van der Waals surface area contributed by atoms with Gasteiger partial charge in [-0.3, -0.25) is 0 Å². The summed E-state index contributed by atoms with van der Waals surface area (Å²) >= 11 is 2.52. The van der Waals surface area contributed by atoms with E-state index in [1.807, 2.05) is 0 Å². The first-order valence-corrected chi connectivity index (χ1v) is 7.05. The third-order valence-corrected chi connectivity index (χ3v) is 6.20. The number of nitrogens with one attached hydrogen (secondary N) is 1. The van der Waals surface area contributed by atoms with Crippen molar-refractivity contribution >= 4 is 22.9 Å². The van der Waals surface area contributed by atoms with Gasteiger partial charge in [0.1, 0.15) is 0 Å². The van der Waals surface area contributed by atoms with Gasteiger partial charge in [-0.2, -0.15) is 0 Å². The van der Waals surface area contributed by atoms with Gasteiger partial charge in [-0.25, -0.2) is 3.11 Å². The zero-order valence-electron chi connectivity index (χ0n) is 10.1. The van der Waals surface area contributed by atoms with Crippen LogP contribution in [0.1, 0.15) is 46.5 Å². The van der Waals surface area contributed by atoms with Crippen molar-refractivity contribution in [2.24, 2.45) is 5.41 Å². The van der Waals surface area contributed by atoms with Gasteiger partial charge in [0.25, 0.3) is 0 Å². The molecule has 1 aliphatic heterocycles. The molecular formula is C12H23IN2. The van der Waals surface area contributed by atoms with Crippen LogP contribution >= 0.6 is 22.9 Å². The second-order valence-electron chi connectivity index (χ2n) is 6.29. The molecule has 1 aliphatic carbocycles. The van der Waals surface area contributed by atoms with Crippen molar-refractivity contribution < 1.29 is 0 Å². The van der Waals surface area contributed by atoms with E-state index >= 15 is 0 Å². The minimum absolute atomic E-state index is 0.319. The molecular weight excluding hydrogens is 299 g/mol. The molecule has 0 unspecified atom stereocenters. The third kappa shape index (κ3) is 2.50. The fourth-order valence-corrected chi connectivity index (χ4v) is 3.41. The van der Waals surface area contributed by atoms with Crippen molar-refractivity contribution in [3.05, 3.63) is 0 Å². The molecule has 2 fully saturated rings. The lowest BCUT2D eigenvalue weighted by Gasteiger charge is -2.55. The topological polar surface area (TPSA) is 15.3 Å². The highest BCUT2D eigenvalue weighted by molar-refractivity contribution is 14.1. The Hall–Kier alpha value is 0.650. The second-order valence-corrected chi connectivity index (χ2v) is 7.33. The molecule has 2 aliphatic rings. The van der Waals surface area contributed by atoms with E-state index in [1.54, 1.807) is 0 Å². The van der Waals surface area contributed by atoms with E-state index in [-0.39, 0.29) is 0 Å². The van der Waals surface area contributed by atoms with Crippen LogP contribution in [-0.4, -0.2) is 27.8 Å². The largest absolute Gasteiger partial charge is 0.317 e. The van der Waals surface area contributed by atoms with Crippen molar-refractivity contribution in [3.8, 4) is 0 Å². The maximum absolute atomic E-state index is 3.47. The van der Waals surface area contributed by atoms with E-state index in [9.17, 15) is 0 Å². The van der Waals surface area contributed by atoms with Crippen LogP contribution in [0.3, 0.4) is 0 Å². The Bertz CT molecular complexity index is 220. The summed E-state index contributed by atoms with van der Waals surface area (Å²) in [6.07, 6.45) is 5.65. The molecule has 0 aromatic rings. The minimum atomic E-state index is 0.319. The van der Waals surface area contributed by atoms with Gasteiger partial charge in [-0.05, 0) is 65.0 Å². The summed E-state index contributed by atoms with van der Waals surface area (Å²) in [7, 11) is 0. The molecule has 1 spiro atoms. The predicted molar refractivity (Wildman–Crippen MR) is 73.2 cm³/mol. The highest BCUT2D eigenvalue weighted by atomic mass is 127. The summed E-state index contributed by atoms with van der Waals surface area (Å²) in [5, 5.41) is 3.47. The summed E-state index contributed by atoms with van der Waals surface area (Å²) < 4.78 is 2.54. The van der Waals surface area contributed by atoms with Crippen molar-refractivity contribution in [1.82, 2.24) is 8.43 Å². The smallest absolute Gasteiger partial charge is 0.0223 e. The first kappa shape index (κ1) is 12.1. The summed E-state index contributed by atoms with van der Waals surface area (Å²) in [5.41, 5.74) is 1.03. The number of piperidine rings is 1. The van der Waals surface area contributed by atoms with E-state index in [4.69, 9.17) is 0 Å². The molecule has 1 saturated heterocycles. The van der Waals surface area contributed by atoms with Gasteiger partial charge in [-0.1, -0.05) is 0 Å². The lowest BCUT2D eigenvalue weighted by Crippen LogP contribution is -2.55. The maximum atomic E-state index is 3.47. The summed E-state index contributed by atoms with van der Waals surface area (Å²) in [6, 6.07) is 0.823. The lowest BCUT2D eigenvalue weighted by molar-refractivity contribution is 0.000637. The molecule has 0 bridgehead atoms. The van der Waals surface area contributed by atoms with Gasteiger partial charge in [0, 0.05) is 34.4 Å². The number of halogens is 1. The van der Waals surface area contributed by atoms with Crippen LogP contribution in [0, 0.1) is 5.41 Å². The molecule has 1 heterocycles. The van der Waals surface area contributed by atoms with Gasteiger partial charge in [-0.15, -0.1) is 0 Å². The average Bonchev–Trinajstić information content (AvgIpc) is 2.13. The number of hydrogen-bond acceptors (Lipinski definition) is 2. The molecule has 3 heteroatoms. The maximum Gasteiger partial charge on any atom is 0.0223 e. The van der Waals surface area contributed by atoms with Crippen LogP contribution in [0.4, 0.5) is 0 Å². The number of rotatable bonds is 1. The molecule has 0 atom stereocenters. The minimum Gasteiger partial charge on any atom is -0.317 e. The number of hydrogen-bond donors (Lipinski definition) is 1.